The molecule has 1 heterocycles. The Hall–Kier alpha value is -0.800. The lowest BCUT2D eigenvalue weighted by atomic mass is 10.0. The van der Waals surface area contributed by atoms with Gasteiger partial charge in [-0.05, 0) is 0 Å². The molecule has 0 bridgehead atoms. The highest BCUT2D eigenvalue weighted by Gasteiger charge is 2.22. The van der Waals surface area contributed by atoms with Crippen LogP contribution >= 0.6 is 46.4 Å². The van der Waals surface area contributed by atoms with Gasteiger partial charge in [-0.15, -0.1) is 0 Å². The van der Waals surface area contributed by atoms with Crippen molar-refractivity contribution in [2.45, 2.75) is 0 Å². The quantitative estimate of drug-likeness (QED) is 0.580. The summed E-state index contributed by atoms with van der Waals surface area (Å²) in [4.78, 5) is 16.0. The fourth-order valence-corrected chi connectivity index (χ4v) is 2.31. The fraction of sp³-hybridized carbons (Fsp3) is 0. The normalized spacial score (nSPS) is 10.4. The van der Waals surface area contributed by atoms with E-state index in [4.69, 9.17) is 46.4 Å². The number of carbonyl (C=O) groups excluding carboxylic acids is 1. The molecule has 2 aromatic rings. The van der Waals surface area contributed by atoms with E-state index in [0.717, 1.165) is 0 Å². The van der Waals surface area contributed by atoms with E-state index >= 15 is 0 Å². The van der Waals surface area contributed by atoms with Gasteiger partial charge in [0.2, 0.25) is 0 Å². The predicted octanol–water partition coefficient (Wildman–Crippen LogP) is 4.93. The number of carbonyl (C=O) groups is 1. The molecular weight excluding hydrogens is 316 g/mol. The maximum atomic E-state index is 12.3. The van der Waals surface area contributed by atoms with Crippen LogP contribution in [0, 0.1) is 0 Å². The van der Waals surface area contributed by atoms with E-state index in [0.29, 0.717) is 5.56 Å². The standard InChI is InChI=1S/C12H5Cl4NO/c13-8-7(9(14)12(16)17-11(8)15)10(18)6-4-2-1-3-5-6/h1-5H. The van der Waals surface area contributed by atoms with Crippen LogP contribution in [0.2, 0.25) is 20.4 Å². The summed E-state index contributed by atoms with van der Waals surface area (Å²) >= 11 is 23.5. The van der Waals surface area contributed by atoms with Crippen LogP contribution in [0.25, 0.3) is 0 Å². The molecule has 18 heavy (non-hydrogen) atoms. The minimum atomic E-state index is -0.350. The fourth-order valence-electron chi connectivity index (χ4n) is 1.42. The zero-order valence-electron chi connectivity index (χ0n) is 8.75. The van der Waals surface area contributed by atoms with E-state index in [-0.39, 0.29) is 31.7 Å². The first-order valence-corrected chi connectivity index (χ1v) is 6.33. The van der Waals surface area contributed by atoms with Crippen LogP contribution in [-0.2, 0) is 0 Å². The van der Waals surface area contributed by atoms with Crippen molar-refractivity contribution in [1.82, 2.24) is 4.98 Å². The third-order valence-corrected chi connectivity index (χ3v) is 3.74. The van der Waals surface area contributed by atoms with Crippen molar-refractivity contribution in [3.63, 3.8) is 0 Å². The van der Waals surface area contributed by atoms with Gasteiger partial charge in [-0.25, -0.2) is 4.98 Å². The lowest BCUT2D eigenvalue weighted by molar-refractivity contribution is 0.103. The average molecular weight is 321 g/mol. The first-order chi connectivity index (χ1) is 8.52. The highest BCUT2D eigenvalue weighted by Crippen LogP contribution is 2.35. The first kappa shape index (κ1) is 13.6. The van der Waals surface area contributed by atoms with Gasteiger partial charge in [0.15, 0.2) is 5.78 Å². The van der Waals surface area contributed by atoms with Crippen molar-refractivity contribution in [2.75, 3.05) is 0 Å². The second-order valence-electron chi connectivity index (χ2n) is 3.39. The van der Waals surface area contributed by atoms with Crippen LogP contribution in [-0.4, -0.2) is 10.8 Å². The van der Waals surface area contributed by atoms with Gasteiger partial charge >= 0.3 is 0 Å². The van der Waals surface area contributed by atoms with E-state index < -0.39 is 0 Å². The Morgan fingerprint density at radius 1 is 0.889 bits per heavy atom. The van der Waals surface area contributed by atoms with Gasteiger partial charge in [0.05, 0.1) is 15.6 Å². The van der Waals surface area contributed by atoms with Gasteiger partial charge < -0.3 is 0 Å². The summed E-state index contributed by atoms with van der Waals surface area (Å²) in [6, 6.07) is 8.57. The highest BCUT2D eigenvalue weighted by molar-refractivity contribution is 6.49. The Bertz CT molecular complexity index is 587. The van der Waals surface area contributed by atoms with Crippen LogP contribution in [0.1, 0.15) is 15.9 Å². The smallest absolute Gasteiger partial charge is 0.196 e. The molecule has 2 nitrogen and oxygen atoms in total. The lowest BCUT2D eigenvalue weighted by Gasteiger charge is -2.08. The molecular formula is C12H5Cl4NO. The summed E-state index contributed by atoms with van der Waals surface area (Å²) in [6.45, 7) is 0. The van der Waals surface area contributed by atoms with Crippen LogP contribution < -0.4 is 0 Å². The summed E-state index contributed by atoms with van der Waals surface area (Å²) in [7, 11) is 0. The van der Waals surface area contributed by atoms with Gasteiger partial charge in [-0.1, -0.05) is 76.7 Å². The maximum Gasteiger partial charge on any atom is 0.196 e. The molecule has 0 aliphatic rings. The molecule has 2 rings (SSSR count). The van der Waals surface area contributed by atoms with Crippen LogP contribution in [0.4, 0.5) is 0 Å². The Morgan fingerprint density at radius 3 is 1.89 bits per heavy atom. The second kappa shape index (κ2) is 5.45. The molecule has 0 unspecified atom stereocenters. The van der Waals surface area contributed by atoms with Crippen LogP contribution in [0.3, 0.4) is 0 Å². The number of rotatable bonds is 2. The van der Waals surface area contributed by atoms with Crippen molar-refractivity contribution in [3.05, 3.63) is 61.8 Å². The summed E-state index contributed by atoms with van der Waals surface area (Å²) < 4.78 is 0. The molecule has 92 valence electrons. The Balaban J connectivity index is 2.62. The molecule has 6 heteroatoms. The zero-order valence-corrected chi connectivity index (χ0v) is 11.8. The van der Waals surface area contributed by atoms with Crippen LogP contribution in [0.5, 0.6) is 0 Å². The predicted molar refractivity (Wildman–Crippen MR) is 74.2 cm³/mol. The topological polar surface area (TPSA) is 30.0 Å². The average Bonchev–Trinajstić information content (AvgIpc) is 2.37. The number of ketones is 1. The monoisotopic (exact) mass is 319 g/mol. The van der Waals surface area contributed by atoms with E-state index in [9.17, 15) is 4.79 Å². The Labute approximate surface area is 123 Å². The minimum Gasteiger partial charge on any atom is -0.288 e. The lowest BCUT2D eigenvalue weighted by Crippen LogP contribution is -2.04. The first-order valence-electron chi connectivity index (χ1n) is 4.82. The number of benzene rings is 1. The molecule has 0 amide bonds. The third-order valence-electron chi connectivity index (χ3n) is 2.26. The molecule has 0 N–H and O–H groups in total. The molecule has 0 radical (unpaired) electrons. The summed E-state index contributed by atoms with van der Waals surface area (Å²) in [5, 5.41) is -0.101. The van der Waals surface area contributed by atoms with E-state index in [1.807, 2.05) is 0 Å². The van der Waals surface area contributed by atoms with Crippen molar-refractivity contribution in [2.24, 2.45) is 0 Å². The van der Waals surface area contributed by atoms with Crippen molar-refractivity contribution in [3.8, 4) is 0 Å². The molecule has 0 atom stereocenters. The number of pyridine rings is 1. The van der Waals surface area contributed by atoms with Gasteiger partial charge in [-0.3, -0.25) is 4.79 Å². The molecule has 1 aromatic heterocycles. The van der Waals surface area contributed by atoms with E-state index in [1.54, 1.807) is 30.3 Å². The van der Waals surface area contributed by atoms with Gasteiger partial charge in [0.1, 0.15) is 10.3 Å². The number of nitrogens with zero attached hydrogens (tertiary/aromatic N) is 1. The Morgan fingerprint density at radius 2 is 1.39 bits per heavy atom. The molecule has 0 spiro atoms. The third kappa shape index (κ3) is 2.47. The number of aromatic nitrogens is 1. The number of hydrogen-bond donors (Lipinski definition) is 0. The van der Waals surface area contributed by atoms with E-state index in [1.165, 1.54) is 0 Å². The zero-order chi connectivity index (χ0) is 13.3. The summed E-state index contributed by atoms with van der Waals surface area (Å²) in [6.07, 6.45) is 0. The number of hydrogen-bond acceptors (Lipinski definition) is 2. The molecule has 0 saturated heterocycles. The molecule has 0 aliphatic carbocycles. The molecule has 0 saturated carbocycles. The largest absolute Gasteiger partial charge is 0.288 e. The van der Waals surface area contributed by atoms with Crippen molar-refractivity contribution >= 4 is 52.2 Å². The Kier molecular flexibility index (Phi) is 4.13. The second-order valence-corrected chi connectivity index (χ2v) is 4.86. The molecule has 0 aliphatic heterocycles. The van der Waals surface area contributed by atoms with E-state index in [2.05, 4.69) is 4.98 Å². The highest BCUT2D eigenvalue weighted by atomic mass is 35.5. The van der Waals surface area contributed by atoms with Gasteiger partial charge in [-0.2, -0.15) is 0 Å². The minimum absolute atomic E-state index is 0.0000743. The summed E-state index contributed by atoms with van der Waals surface area (Å²) in [5.41, 5.74) is 0.508. The van der Waals surface area contributed by atoms with Gasteiger partial charge in [0, 0.05) is 5.56 Å². The maximum absolute atomic E-state index is 12.3. The molecule has 0 fully saturated rings. The van der Waals surface area contributed by atoms with Crippen molar-refractivity contribution in [1.29, 1.82) is 0 Å². The van der Waals surface area contributed by atoms with Crippen molar-refractivity contribution < 1.29 is 4.79 Å². The molecule has 1 aromatic carbocycles. The number of halogens is 4. The SMILES string of the molecule is O=C(c1ccccc1)c1c(Cl)c(Cl)nc(Cl)c1Cl. The van der Waals surface area contributed by atoms with Crippen LogP contribution in [0.15, 0.2) is 30.3 Å². The summed E-state index contributed by atoms with van der Waals surface area (Å²) in [5.74, 6) is -0.350. The van der Waals surface area contributed by atoms with Gasteiger partial charge in [0.25, 0.3) is 0 Å².